The molecule has 1 N–H and O–H groups in total. The molecule has 4 fully saturated rings. The Bertz CT molecular complexity index is 1220. The van der Waals surface area contributed by atoms with Crippen LogP contribution in [0.1, 0.15) is 58.9 Å². The summed E-state index contributed by atoms with van der Waals surface area (Å²) in [7, 11) is 3.21. The Morgan fingerprint density at radius 3 is 2.32 bits per heavy atom. The molecule has 0 radical (unpaired) electrons. The largest absolute Gasteiger partial charge is 0.493 e. The lowest BCUT2D eigenvalue weighted by atomic mass is 9.50. The number of hydrogen-bond acceptors (Lipinski definition) is 8. The molecule has 4 aliphatic carbocycles. The summed E-state index contributed by atoms with van der Waals surface area (Å²) in [6, 6.07) is 5.64. The highest BCUT2D eigenvalue weighted by molar-refractivity contribution is 7.17. The predicted octanol–water partition coefficient (Wildman–Crippen LogP) is 5.71. The van der Waals surface area contributed by atoms with Crippen molar-refractivity contribution in [2.24, 2.45) is 17.8 Å². The number of rotatable bonds is 6. The Balaban J connectivity index is 1.21. The number of aromatic nitrogens is 3. The van der Waals surface area contributed by atoms with E-state index in [0.29, 0.717) is 27.2 Å². The van der Waals surface area contributed by atoms with Gasteiger partial charge in [-0.1, -0.05) is 11.3 Å². The van der Waals surface area contributed by atoms with Gasteiger partial charge >= 0.3 is 0 Å². The molecule has 0 atom stereocenters. The first-order valence-corrected chi connectivity index (χ1v) is 13.4. The molecule has 4 saturated carbocycles. The Morgan fingerprint density at radius 1 is 1.00 bits per heavy atom. The minimum atomic E-state index is -0.185. The maximum atomic E-state index is 13.1. The molecule has 0 spiro atoms. The van der Waals surface area contributed by atoms with Gasteiger partial charge in [-0.15, -0.1) is 21.5 Å². The normalized spacial score (nSPS) is 27.1. The van der Waals surface area contributed by atoms with E-state index in [1.54, 1.807) is 25.6 Å². The number of thiazole rings is 1. The first-order valence-electron chi connectivity index (χ1n) is 11.8. The summed E-state index contributed by atoms with van der Waals surface area (Å²) in [6.45, 7) is 1.86. The van der Waals surface area contributed by atoms with Crippen LogP contribution in [0.2, 0.25) is 0 Å². The first-order chi connectivity index (χ1) is 16.5. The highest BCUT2D eigenvalue weighted by Crippen LogP contribution is 2.61. The van der Waals surface area contributed by atoms with E-state index in [1.165, 1.54) is 49.9 Å². The summed E-state index contributed by atoms with van der Waals surface area (Å²) in [6.07, 6.45) is 7.91. The Labute approximate surface area is 206 Å². The third kappa shape index (κ3) is 3.69. The summed E-state index contributed by atoms with van der Waals surface area (Å²) in [5.41, 5.74) is 1.76. The summed E-state index contributed by atoms with van der Waals surface area (Å²) in [4.78, 5) is 18.3. The molecule has 0 saturated heterocycles. The van der Waals surface area contributed by atoms with Crippen molar-refractivity contribution < 1.29 is 14.3 Å². The molecule has 178 valence electrons. The molecule has 2 aromatic heterocycles. The molecular formula is C25H28N4O3S2. The average molecular weight is 497 g/mol. The van der Waals surface area contributed by atoms with Crippen LogP contribution in [-0.2, 0) is 5.41 Å². The van der Waals surface area contributed by atoms with Gasteiger partial charge in [-0.2, -0.15) is 0 Å². The molecular weight excluding hydrogens is 468 g/mol. The highest BCUT2D eigenvalue weighted by atomic mass is 32.1. The van der Waals surface area contributed by atoms with Crippen LogP contribution in [0.3, 0.4) is 0 Å². The number of ether oxygens (including phenoxy) is 2. The van der Waals surface area contributed by atoms with E-state index in [0.717, 1.165) is 33.3 Å². The zero-order valence-corrected chi connectivity index (χ0v) is 21.2. The van der Waals surface area contributed by atoms with E-state index in [9.17, 15) is 4.79 Å². The van der Waals surface area contributed by atoms with Crippen LogP contribution < -0.4 is 14.8 Å². The third-order valence-corrected chi connectivity index (χ3v) is 10.1. The molecule has 34 heavy (non-hydrogen) atoms. The second kappa shape index (κ2) is 8.30. The van der Waals surface area contributed by atoms with Crippen LogP contribution in [-0.4, -0.2) is 35.3 Å². The molecule has 4 bridgehead atoms. The van der Waals surface area contributed by atoms with Crippen molar-refractivity contribution in [2.75, 3.05) is 19.5 Å². The maximum absolute atomic E-state index is 13.1. The topological polar surface area (TPSA) is 86.2 Å². The van der Waals surface area contributed by atoms with E-state index >= 15 is 0 Å². The number of hydrogen-bond donors (Lipinski definition) is 1. The number of carbonyl (C=O) groups excluding carboxylic acids is 1. The van der Waals surface area contributed by atoms with Crippen LogP contribution in [0.15, 0.2) is 18.2 Å². The van der Waals surface area contributed by atoms with Gasteiger partial charge in [-0.25, -0.2) is 4.98 Å². The molecule has 0 unspecified atom stereocenters. The fourth-order valence-corrected chi connectivity index (χ4v) is 8.63. The van der Waals surface area contributed by atoms with Gasteiger partial charge < -0.3 is 9.47 Å². The molecule has 2 heterocycles. The van der Waals surface area contributed by atoms with Crippen molar-refractivity contribution in [3.8, 4) is 22.1 Å². The van der Waals surface area contributed by atoms with Crippen LogP contribution in [0.5, 0.6) is 11.5 Å². The number of aryl methyl sites for hydroxylation is 1. The molecule has 1 amide bonds. The van der Waals surface area contributed by atoms with E-state index in [2.05, 4.69) is 20.5 Å². The van der Waals surface area contributed by atoms with E-state index in [4.69, 9.17) is 9.47 Å². The second-order valence-electron chi connectivity index (χ2n) is 10.1. The van der Waals surface area contributed by atoms with E-state index in [1.807, 2.05) is 25.1 Å². The minimum Gasteiger partial charge on any atom is -0.493 e. The number of methoxy groups -OCH3 is 2. The SMILES string of the molecule is COc1ccc(-c2nc(C)c(C(=O)Nc3nnc(C45CC6CC(CC(C6)C4)C5)s3)s2)cc1OC. The van der Waals surface area contributed by atoms with Gasteiger partial charge in [0.2, 0.25) is 5.13 Å². The molecule has 1 aromatic carbocycles. The minimum absolute atomic E-state index is 0.185. The van der Waals surface area contributed by atoms with Gasteiger partial charge in [0.05, 0.1) is 19.9 Å². The second-order valence-corrected chi connectivity index (χ2v) is 12.0. The molecule has 7 rings (SSSR count). The van der Waals surface area contributed by atoms with E-state index < -0.39 is 0 Å². The molecule has 4 aliphatic rings. The summed E-state index contributed by atoms with van der Waals surface area (Å²) in [5.74, 6) is 3.65. The quantitative estimate of drug-likeness (QED) is 0.471. The number of benzene rings is 1. The zero-order chi connectivity index (χ0) is 23.4. The summed E-state index contributed by atoms with van der Waals surface area (Å²) >= 11 is 2.93. The summed E-state index contributed by atoms with van der Waals surface area (Å²) < 4.78 is 10.7. The lowest BCUT2D eigenvalue weighted by Crippen LogP contribution is -2.48. The van der Waals surface area contributed by atoms with Crippen molar-refractivity contribution in [3.05, 3.63) is 33.8 Å². The number of carbonyl (C=O) groups is 1. The van der Waals surface area contributed by atoms with Gasteiger partial charge in [0.15, 0.2) is 11.5 Å². The van der Waals surface area contributed by atoms with Gasteiger partial charge in [-0.05, 0) is 81.4 Å². The molecule has 7 nitrogen and oxygen atoms in total. The Morgan fingerprint density at radius 2 is 1.68 bits per heavy atom. The van der Waals surface area contributed by atoms with Crippen molar-refractivity contribution in [2.45, 2.75) is 50.9 Å². The third-order valence-electron chi connectivity index (χ3n) is 7.77. The number of nitrogens with zero attached hydrogens (tertiary/aromatic N) is 3. The smallest absolute Gasteiger partial charge is 0.269 e. The molecule has 9 heteroatoms. The average Bonchev–Trinajstić information content (AvgIpc) is 3.45. The number of amides is 1. The van der Waals surface area contributed by atoms with E-state index in [-0.39, 0.29) is 11.3 Å². The molecule has 3 aromatic rings. The lowest BCUT2D eigenvalue weighted by molar-refractivity contribution is -0.00555. The van der Waals surface area contributed by atoms with Crippen LogP contribution in [0, 0.1) is 24.7 Å². The lowest BCUT2D eigenvalue weighted by Gasteiger charge is -2.55. The predicted molar refractivity (Wildman–Crippen MR) is 133 cm³/mol. The number of anilines is 1. The van der Waals surface area contributed by atoms with Crippen LogP contribution in [0.4, 0.5) is 5.13 Å². The van der Waals surface area contributed by atoms with Gasteiger partial charge in [-0.3, -0.25) is 10.1 Å². The van der Waals surface area contributed by atoms with Crippen molar-refractivity contribution in [1.82, 2.24) is 15.2 Å². The Hall–Kier alpha value is -2.52. The number of nitrogens with one attached hydrogen (secondary N) is 1. The maximum Gasteiger partial charge on any atom is 0.269 e. The van der Waals surface area contributed by atoms with Crippen LogP contribution in [0.25, 0.3) is 10.6 Å². The van der Waals surface area contributed by atoms with Crippen molar-refractivity contribution >= 4 is 33.7 Å². The summed E-state index contributed by atoms with van der Waals surface area (Å²) in [5, 5.41) is 14.4. The first kappa shape index (κ1) is 22.0. The highest BCUT2D eigenvalue weighted by Gasteiger charge is 2.53. The fourth-order valence-electron chi connectivity index (χ4n) is 6.71. The van der Waals surface area contributed by atoms with Crippen LogP contribution >= 0.6 is 22.7 Å². The fraction of sp³-hybridized carbons (Fsp3) is 0.520. The van der Waals surface area contributed by atoms with Gasteiger partial charge in [0, 0.05) is 11.0 Å². The van der Waals surface area contributed by atoms with Crippen molar-refractivity contribution in [3.63, 3.8) is 0 Å². The Kier molecular flexibility index (Phi) is 5.37. The van der Waals surface area contributed by atoms with Crippen molar-refractivity contribution in [1.29, 1.82) is 0 Å². The monoisotopic (exact) mass is 496 g/mol. The molecule has 0 aliphatic heterocycles. The van der Waals surface area contributed by atoms with Gasteiger partial charge in [0.1, 0.15) is 14.9 Å². The zero-order valence-electron chi connectivity index (χ0n) is 19.6. The standard InChI is InChI=1S/C25H28N4O3S2/c1-13-20(33-22(26-13)17-4-5-18(31-2)19(9-17)32-3)21(30)27-24-29-28-23(34-24)25-10-14-6-15(11-25)8-16(7-14)12-25/h4-5,9,14-16H,6-8,10-12H2,1-3H3,(H,27,29,30). The van der Waals surface area contributed by atoms with Gasteiger partial charge in [0.25, 0.3) is 5.91 Å².